The normalized spacial score (nSPS) is 23.0. The molecule has 0 N–H and O–H groups in total. The van der Waals surface area contributed by atoms with Gasteiger partial charge >= 0.3 is 0 Å². The summed E-state index contributed by atoms with van der Waals surface area (Å²) in [6, 6.07) is 6.34. The van der Waals surface area contributed by atoms with Crippen molar-refractivity contribution in [2.45, 2.75) is 6.10 Å². The minimum Gasteiger partial charge on any atom is -0.376 e. The summed E-state index contributed by atoms with van der Waals surface area (Å²) in [4.78, 5) is 0. The average Bonchev–Trinajstić information content (AvgIpc) is 2.20. The number of halogens is 1. The molecule has 0 radical (unpaired) electrons. The molecule has 0 bridgehead atoms. The van der Waals surface area contributed by atoms with Gasteiger partial charge in [-0.2, -0.15) is 0 Å². The summed E-state index contributed by atoms with van der Waals surface area (Å²) in [6.07, 6.45) is -0.0330. The largest absolute Gasteiger partial charge is 0.376 e. The molecule has 1 heterocycles. The lowest BCUT2D eigenvalue weighted by Gasteiger charge is -2.23. The summed E-state index contributed by atoms with van der Waals surface area (Å²) >= 11 is 0. The van der Waals surface area contributed by atoms with E-state index in [1.807, 2.05) is 0 Å². The SMILES string of the molecule is Fc1ccc(C2COCCO2)cc1. The van der Waals surface area contributed by atoms with Crippen LogP contribution in [0.15, 0.2) is 24.3 Å². The van der Waals surface area contributed by atoms with Gasteiger partial charge < -0.3 is 9.47 Å². The molecule has 1 unspecified atom stereocenters. The molecule has 3 heteroatoms. The first kappa shape index (κ1) is 8.66. The fourth-order valence-electron chi connectivity index (χ4n) is 1.36. The number of rotatable bonds is 1. The van der Waals surface area contributed by atoms with Gasteiger partial charge in [-0.1, -0.05) is 12.1 Å². The lowest BCUT2D eigenvalue weighted by atomic mass is 10.1. The van der Waals surface area contributed by atoms with E-state index in [9.17, 15) is 4.39 Å². The van der Waals surface area contributed by atoms with Crippen molar-refractivity contribution < 1.29 is 13.9 Å². The summed E-state index contributed by atoms with van der Waals surface area (Å²) in [5, 5.41) is 0. The Labute approximate surface area is 76.3 Å². The third kappa shape index (κ3) is 2.05. The Morgan fingerprint density at radius 2 is 1.92 bits per heavy atom. The highest BCUT2D eigenvalue weighted by Gasteiger charge is 2.15. The highest BCUT2D eigenvalue weighted by molar-refractivity contribution is 5.18. The maximum Gasteiger partial charge on any atom is 0.123 e. The Kier molecular flexibility index (Phi) is 2.57. The van der Waals surface area contributed by atoms with Crippen LogP contribution in [0.4, 0.5) is 4.39 Å². The van der Waals surface area contributed by atoms with Crippen LogP contribution < -0.4 is 0 Å². The van der Waals surface area contributed by atoms with Gasteiger partial charge in [-0.05, 0) is 17.7 Å². The van der Waals surface area contributed by atoms with Crippen LogP contribution >= 0.6 is 0 Å². The zero-order valence-electron chi connectivity index (χ0n) is 7.20. The van der Waals surface area contributed by atoms with Crippen LogP contribution in [0.3, 0.4) is 0 Å². The second kappa shape index (κ2) is 3.85. The molecule has 0 aliphatic carbocycles. The van der Waals surface area contributed by atoms with Crippen molar-refractivity contribution in [3.63, 3.8) is 0 Å². The summed E-state index contributed by atoms with van der Waals surface area (Å²) in [7, 11) is 0. The van der Waals surface area contributed by atoms with E-state index in [-0.39, 0.29) is 11.9 Å². The van der Waals surface area contributed by atoms with Gasteiger partial charge in [0.05, 0.1) is 19.8 Å². The molecule has 1 fully saturated rings. The number of hydrogen-bond acceptors (Lipinski definition) is 2. The molecule has 0 amide bonds. The zero-order valence-corrected chi connectivity index (χ0v) is 7.20. The highest BCUT2D eigenvalue weighted by Crippen LogP contribution is 2.20. The third-order valence-electron chi connectivity index (χ3n) is 2.06. The van der Waals surface area contributed by atoms with E-state index in [1.54, 1.807) is 12.1 Å². The molecule has 0 spiro atoms. The van der Waals surface area contributed by atoms with E-state index < -0.39 is 0 Å². The van der Waals surface area contributed by atoms with Crippen LogP contribution in [0.5, 0.6) is 0 Å². The maximum absolute atomic E-state index is 12.6. The third-order valence-corrected chi connectivity index (χ3v) is 2.06. The van der Waals surface area contributed by atoms with Gasteiger partial charge in [0.25, 0.3) is 0 Å². The Morgan fingerprint density at radius 3 is 2.54 bits per heavy atom. The lowest BCUT2D eigenvalue weighted by molar-refractivity contribution is -0.0901. The van der Waals surface area contributed by atoms with E-state index in [4.69, 9.17) is 9.47 Å². The molecule has 70 valence electrons. The first-order valence-electron chi connectivity index (χ1n) is 4.31. The number of ether oxygens (including phenoxy) is 2. The van der Waals surface area contributed by atoms with Crippen molar-refractivity contribution in [1.29, 1.82) is 0 Å². The van der Waals surface area contributed by atoms with Crippen LogP contribution in [0.25, 0.3) is 0 Å². The Hall–Kier alpha value is -0.930. The van der Waals surface area contributed by atoms with Crippen molar-refractivity contribution in [2.24, 2.45) is 0 Å². The Balaban J connectivity index is 2.10. The van der Waals surface area contributed by atoms with Gasteiger partial charge in [-0.15, -0.1) is 0 Å². The van der Waals surface area contributed by atoms with Crippen LogP contribution in [-0.4, -0.2) is 19.8 Å². The van der Waals surface area contributed by atoms with Crippen LogP contribution in [-0.2, 0) is 9.47 Å². The fraction of sp³-hybridized carbons (Fsp3) is 0.400. The van der Waals surface area contributed by atoms with Gasteiger partial charge in [0, 0.05) is 0 Å². The van der Waals surface area contributed by atoms with E-state index in [1.165, 1.54) is 12.1 Å². The van der Waals surface area contributed by atoms with Crippen LogP contribution in [0.1, 0.15) is 11.7 Å². The minimum atomic E-state index is -0.222. The van der Waals surface area contributed by atoms with Gasteiger partial charge in [-0.25, -0.2) is 4.39 Å². The molecule has 2 nitrogen and oxygen atoms in total. The molecule has 0 aromatic heterocycles. The fourth-order valence-corrected chi connectivity index (χ4v) is 1.36. The van der Waals surface area contributed by atoms with Crippen molar-refractivity contribution in [2.75, 3.05) is 19.8 Å². The summed E-state index contributed by atoms with van der Waals surface area (Å²) in [6.45, 7) is 1.82. The molecule has 1 aliphatic rings. The quantitative estimate of drug-likeness (QED) is 0.660. The van der Waals surface area contributed by atoms with Crippen molar-refractivity contribution in [3.8, 4) is 0 Å². The lowest BCUT2D eigenvalue weighted by Crippen LogP contribution is -2.21. The molecular formula is C10H11FO2. The van der Waals surface area contributed by atoms with E-state index in [0.717, 1.165) is 5.56 Å². The van der Waals surface area contributed by atoms with Crippen LogP contribution in [0.2, 0.25) is 0 Å². The average molecular weight is 182 g/mol. The highest BCUT2D eigenvalue weighted by atomic mass is 19.1. The first-order valence-corrected chi connectivity index (χ1v) is 4.31. The zero-order chi connectivity index (χ0) is 9.10. The predicted octanol–water partition coefficient (Wildman–Crippen LogP) is 1.91. The molecule has 1 aromatic carbocycles. The second-order valence-corrected chi connectivity index (χ2v) is 2.99. The van der Waals surface area contributed by atoms with Gasteiger partial charge in [-0.3, -0.25) is 0 Å². The van der Waals surface area contributed by atoms with Crippen molar-refractivity contribution in [3.05, 3.63) is 35.6 Å². The molecule has 0 saturated carbocycles. The minimum absolute atomic E-state index is 0.0330. The molecular weight excluding hydrogens is 171 g/mol. The van der Waals surface area contributed by atoms with E-state index >= 15 is 0 Å². The Morgan fingerprint density at radius 1 is 1.15 bits per heavy atom. The Bertz CT molecular complexity index is 265. The molecule has 2 rings (SSSR count). The smallest absolute Gasteiger partial charge is 0.123 e. The first-order chi connectivity index (χ1) is 6.36. The summed E-state index contributed by atoms with van der Waals surface area (Å²) in [5.41, 5.74) is 0.973. The number of hydrogen-bond donors (Lipinski definition) is 0. The molecule has 1 aromatic rings. The summed E-state index contributed by atoms with van der Waals surface area (Å²) in [5.74, 6) is -0.222. The standard InChI is InChI=1S/C10H11FO2/c11-9-3-1-8(2-4-9)10-7-12-5-6-13-10/h1-4,10H,5-7H2. The van der Waals surface area contributed by atoms with E-state index in [0.29, 0.717) is 19.8 Å². The molecule has 1 atom stereocenters. The number of benzene rings is 1. The van der Waals surface area contributed by atoms with Gasteiger partial charge in [0.2, 0.25) is 0 Å². The molecule has 1 aliphatic heterocycles. The van der Waals surface area contributed by atoms with Gasteiger partial charge in [0.15, 0.2) is 0 Å². The molecule has 1 saturated heterocycles. The molecule has 13 heavy (non-hydrogen) atoms. The predicted molar refractivity (Wildman–Crippen MR) is 45.9 cm³/mol. The van der Waals surface area contributed by atoms with Crippen molar-refractivity contribution in [1.82, 2.24) is 0 Å². The van der Waals surface area contributed by atoms with Gasteiger partial charge in [0.1, 0.15) is 11.9 Å². The van der Waals surface area contributed by atoms with Crippen LogP contribution in [0, 0.1) is 5.82 Å². The maximum atomic E-state index is 12.6. The van der Waals surface area contributed by atoms with E-state index in [2.05, 4.69) is 0 Å². The summed E-state index contributed by atoms with van der Waals surface area (Å²) < 4.78 is 23.3. The second-order valence-electron chi connectivity index (χ2n) is 2.99. The van der Waals surface area contributed by atoms with Crippen molar-refractivity contribution >= 4 is 0 Å². The monoisotopic (exact) mass is 182 g/mol. The topological polar surface area (TPSA) is 18.5 Å².